The van der Waals surface area contributed by atoms with Gasteiger partial charge in [0, 0.05) is 44.8 Å². The average Bonchev–Trinajstić information content (AvgIpc) is 3.13. The van der Waals surface area contributed by atoms with E-state index in [1.807, 2.05) is 17.0 Å². The second kappa shape index (κ2) is 9.37. The minimum absolute atomic E-state index is 0.0424. The third-order valence-corrected chi connectivity index (χ3v) is 7.13. The van der Waals surface area contributed by atoms with Crippen molar-refractivity contribution < 1.29 is 14.0 Å². The molecule has 1 atom stereocenters. The Kier molecular flexibility index (Phi) is 6.61. The molecule has 2 heterocycles. The van der Waals surface area contributed by atoms with Crippen LogP contribution in [-0.4, -0.2) is 71.5 Å². The molecular formula is C22H23ClFN3O2S. The Morgan fingerprint density at radius 3 is 2.47 bits per heavy atom. The molecule has 2 aliphatic rings. The third-order valence-electron chi connectivity index (χ3n) is 5.56. The highest BCUT2D eigenvalue weighted by Gasteiger charge is 2.34. The van der Waals surface area contributed by atoms with Gasteiger partial charge in [-0.1, -0.05) is 41.9 Å². The van der Waals surface area contributed by atoms with Crippen LogP contribution in [0.4, 0.5) is 4.39 Å². The SMILES string of the molecule is O=C(c1ccccc1Cl)N1CCN(CCN2C(=O)CSC2c2ccccc2F)CC1. The number of rotatable bonds is 5. The molecule has 30 heavy (non-hydrogen) atoms. The zero-order valence-corrected chi connectivity index (χ0v) is 18.0. The molecule has 5 nitrogen and oxygen atoms in total. The Labute approximate surface area is 184 Å². The normalized spacial score (nSPS) is 20.1. The van der Waals surface area contributed by atoms with E-state index < -0.39 is 0 Å². The highest BCUT2D eigenvalue weighted by molar-refractivity contribution is 8.00. The van der Waals surface area contributed by atoms with E-state index in [2.05, 4.69) is 4.90 Å². The summed E-state index contributed by atoms with van der Waals surface area (Å²) >= 11 is 7.62. The fraction of sp³-hybridized carbons (Fsp3) is 0.364. The lowest BCUT2D eigenvalue weighted by atomic mass is 10.1. The summed E-state index contributed by atoms with van der Waals surface area (Å²) in [6.07, 6.45) is 0. The van der Waals surface area contributed by atoms with E-state index >= 15 is 0 Å². The fourth-order valence-electron chi connectivity index (χ4n) is 3.86. The summed E-state index contributed by atoms with van der Waals surface area (Å²) < 4.78 is 14.2. The molecule has 0 saturated carbocycles. The maximum atomic E-state index is 14.2. The molecule has 0 bridgehead atoms. The van der Waals surface area contributed by atoms with Gasteiger partial charge in [0.15, 0.2) is 0 Å². The van der Waals surface area contributed by atoms with E-state index in [1.165, 1.54) is 17.8 Å². The molecule has 0 aliphatic carbocycles. The maximum absolute atomic E-state index is 14.2. The molecule has 0 radical (unpaired) electrons. The fourth-order valence-corrected chi connectivity index (χ4v) is 5.31. The molecule has 8 heteroatoms. The largest absolute Gasteiger partial charge is 0.336 e. The quantitative estimate of drug-likeness (QED) is 0.703. The molecule has 2 fully saturated rings. The molecule has 2 amide bonds. The number of piperazine rings is 1. The molecule has 2 aliphatic heterocycles. The van der Waals surface area contributed by atoms with Crippen molar-refractivity contribution in [3.8, 4) is 0 Å². The van der Waals surface area contributed by atoms with Gasteiger partial charge in [-0.2, -0.15) is 0 Å². The third kappa shape index (κ3) is 4.48. The molecule has 158 valence electrons. The lowest BCUT2D eigenvalue weighted by Gasteiger charge is -2.36. The maximum Gasteiger partial charge on any atom is 0.255 e. The lowest BCUT2D eigenvalue weighted by molar-refractivity contribution is -0.128. The van der Waals surface area contributed by atoms with Crippen LogP contribution in [-0.2, 0) is 4.79 Å². The first-order valence-electron chi connectivity index (χ1n) is 9.96. The van der Waals surface area contributed by atoms with Crippen LogP contribution in [0, 0.1) is 5.82 Å². The molecular weight excluding hydrogens is 425 g/mol. The molecule has 1 unspecified atom stereocenters. The predicted octanol–water partition coefficient (Wildman–Crippen LogP) is 3.51. The van der Waals surface area contributed by atoms with E-state index in [1.54, 1.807) is 35.2 Å². The number of hydrogen-bond donors (Lipinski definition) is 0. The van der Waals surface area contributed by atoms with E-state index in [-0.39, 0.29) is 23.0 Å². The van der Waals surface area contributed by atoms with E-state index in [0.29, 0.717) is 48.1 Å². The smallest absolute Gasteiger partial charge is 0.255 e. The number of hydrogen-bond acceptors (Lipinski definition) is 4. The Morgan fingerprint density at radius 1 is 1.03 bits per heavy atom. The molecule has 2 aromatic rings. The van der Waals surface area contributed by atoms with Crippen LogP contribution >= 0.6 is 23.4 Å². The highest BCUT2D eigenvalue weighted by atomic mass is 35.5. The van der Waals surface area contributed by atoms with Gasteiger partial charge < -0.3 is 9.80 Å². The summed E-state index contributed by atoms with van der Waals surface area (Å²) in [4.78, 5) is 30.9. The molecule has 0 aromatic heterocycles. The minimum Gasteiger partial charge on any atom is -0.336 e. The Hall–Kier alpha value is -2.09. The van der Waals surface area contributed by atoms with Gasteiger partial charge in [0.1, 0.15) is 11.2 Å². The van der Waals surface area contributed by atoms with E-state index in [9.17, 15) is 14.0 Å². The van der Waals surface area contributed by atoms with Gasteiger partial charge in [0.05, 0.1) is 16.3 Å². The van der Waals surface area contributed by atoms with Gasteiger partial charge in [-0.3, -0.25) is 14.5 Å². The van der Waals surface area contributed by atoms with Crippen LogP contribution in [0.5, 0.6) is 0 Å². The topological polar surface area (TPSA) is 43.9 Å². The van der Waals surface area contributed by atoms with Crippen LogP contribution in [0.2, 0.25) is 5.02 Å². The second-order valence-electron chi connectivity index (χ2n) is 7.39. The van der Waals surface area contributed by atoms with Crippen molar-refractivity contribution >= 4 is 35.2 Å². The molecule has 2 aromatic carbocycles. The average molecular weight is 448 g/mol. The number of carbonyl (C=O) groups excluding carboxylic acids is 2. The van der Waals surface area contributed by atoms with Gasteiger partial charge >= 0.3 is 0 Å². The number of halogens is 2. The van der Waals surface area contributed by atoms with Crippen molar-refractivity contribution in [2.24, 2.45) is 0 Å². The van der Waals surface area contributed by atoms with Crippen molar-refractivity contribution in [1.82, 2.24) is 14.7 Å². The summed E-state index contributed by atoms with van der Waals surface area (Å²) in [5.74, 6) is 0.0900. The monoisotopic (exact) mass is 447 g/mol. The van der Waals surface area contributed by atoms with E-state index in [4.69, 9.17) is 11.6 Å². The van der Waals surface area contributed by atoms with Crippen molar-refractivity contribution in [1.29, 1.82) is 0 Å². The summed E-state index contributed by atoms with van der Waals surface area (Å²) in [7, 11) is 0. The number of amides is 2. The summed E-state index contributed by atoms with van der Waals surface area (Å²) in [5, 5.41) is 0.191. The van der Waals surface area contributed by atoms with Crippen LogP contribution in [0.3, 0.4) is 0 Å². The Bertz CT molecular complexity index is 936. The van der Waals surface area contributed by atoms with E-state index in [0.717, 1.165) is 13.1 Å². The van der Waals surface area contributed by atoms with Gasteiger partial charge in [-0.25, -0.2) is 4.39 Å². The molecule has 4 rings (SSSR count). The van der Waals surface area contributed by atoms with Gasteiger partial charge in [-0.15, -0.1) is 11.8 Å². The zero-order chi connectivity index (χ0) is 21.1. The lowest BCUT2D eigenvalue weighted by Crippen LogP contribution is -2.50. The first-order chi connectivity index (χ1) is 14.5. The number of carbonyl (C=O) groups is 2. The standard InChI is InChI=1S/C22H23ClFN3O2S/c23-18-7-3-1-5-16(18)21(29)26-12-9-25(10-13-26)11-14-27-20(28)15-30-22(27)17-6-2-4-8-19(17)24/h1-8,22H,9-15H2. The summed E-state index contributed by atoms with van der Waals surface area (Å²) in [6, 6.07) is 13.7. The van der Waals surface area contributed by atoms with Gasteiger partial charge in [0.2, 0.25) is 5.91 Å². The van der Waals surface area contributed by atoms with Crippen LogP contribution in [0.25, 0.3) is 0 Å². The summed E-state index contributed by atoms with van der Waals surface area (Å²) in [6.45, 7) is 3.94. The minimum atomic E-state index is -0.276. The highest BCUT2D eigenvalue weighted by Crippen LogP contribution is 2.39. The van der Waals surface area contributed by atoms with Crippen molar-refractivity contribution in [2.45, 2.75) is 5.37 Å². The molecule has 0 spiro atoms. The molecule has 2 saturated heterocycles. The number of benzene rings is 2. The van der Waals surface area contributed by atoms with Crippen molar-refractivity contribution in [3.63, 3.8) is 0 Å². The van der Waals surface area contributed by atoms with Crippen molar-refractivity contribution in [3.05, 3.63) is 70.5 Å². The van der Waals surface area contributed by atoms with Crippen LogP contribution in [0.15, 0.2) is 48.5 Å². The number of thioether (sulfide) groups is 1. The summed E-state index contributed by atoms with van der Waals surface area (Å²) in [5.41, 5.74) is 1.09. The predicted molar refractivity (Wildman–Crippen MR) is 117 cm³/mol. The van der Waals surface area contributed by atoms with Gasteiger partial charge in [0.25, 0.3) is 5.91 Å². The number of nitrogens with zero attached hydrogens (tertiary/aromatic N) is 3. The van der Waals surface area contributed by atoms with Crippen LogP contribution in [0.1, 0.15) is 21.3 Å². The zero-order valence-electron chi connectivity index (χ0n) is 16.5. The Balaban J connectivity index is 1.32. The van der Waals surface area contributed by atoms with Gasteiger partial charge in [-0.05, 0) is 18.2 Å². The second-order valence-corrected chi connectivity index (χ2v) is 8.86. The Morgan fingerprint density at radius 2 is 1.73 bits per heavy atom. The molecule has 0 N–H and O–H groups in total. The first kappa shape index (κ1) is 21.2. The van der Waals surface area contributed by atoms with Crippen LogP contribution < -0.4 is 0 Å². The van der Waals surface area contributed by atoms with Crippen molar-refractivity contribution in [2.75, 3.05) is 45.0 Å². The first-order valence-corrected chi connectivity index (χ1v) is 11.4.